The molecule has 1 heterocycles. The van der Waals surface area contributed by atoms with Crippen LogP contribution in [0.3, 0.4) is 0 Å². The number of likely N-dealkylation sites (tertiary alicyclic amines) is 1. The zero-order valence-electron chi connectivity index (χ0n) is 11.3. The molecule has 1 aliphatic heterocycles. The van der Waals surface area contributed by atoms with E-state index in [1.54, 1.807) is 13.8 Å². The van der Waals surface area contributed by atoms with E-state index in [1.165, 1.54) is 0 Å². The molecule has 4 nitrogen and oxygen atoms in total. The van der Waals surface area contributed by atoms with Crippen LogP contribution in [0.1, 0.15) is 13.8 Å². The second-order valence-corrected chi connectivity index (χ2v) is 5.33. The zero-order valence-corrected chi connectivity index (χ0v) is 11.3. The summed E-state index contributed by atoms with van der Waals surface area (Å²) in [6, 6.07) is 0. The van der Waals surface area contributed by atoms with Crippen LogP contribution < -0.4 is 0 Å². The van der Waals surface area contributed by atoms with Crippen LogP contribution in [0.4, 0.5) is 31.1 Å². The molecule has 1 amide bonds. The molecule has 0 spiro atoms. The standard InChI is InChI=1S/C11H15F6NO3/c1-6(2)5-21-8(19)18-3-7(4-18)9(20,10(12,13)14)11(15,16)17/h6-7,20H,3-5H2,1-2H3. The van der Waals surface area contributed by atoms with Gasteiger partial charge in [0.25, 0.3) is 5.60 Å². The second-order valence-electron chi connectivity index (χ2n) is 5.33. The summed E-state index contributed by atoms with van der Waals surface area (Å²) in [6.45, 7) is 1.71. The Labute approximate surface area is 116 Å². The predicted octanol–water partition coefficient (Wildman–Crippen LogP) is 2.57. The first-order valence-corrected chi connectivity index (χ1v) is 6.08. The van der Waals surface area contributed by atoms with E-state index in [1.807, 2.05) is 0 Å². The van der Waals surface area contributed by atoms with Crippen molar-refractivity contribution in [2.75, 3.05) is 19.7 Å². The van der Waals surface area contributed by atoms with Gasteiger partial charge in [-0.15, -0.1) is 0 Å². The van der Waals surface area contributed by atoms with Gasteiger partial charge in [0, 0.05) is 19.0 Å². The van der Waals surface area contributed by atoms with E-state index in [-0.39, 0.29) is 12.5 Å². The normalized spacial score (nSPS) is 17.9. The summed E-state index contributed by atoms with van der Waals surface area (Å²) in [4.78, 5) is 12.1. The molecule has 124 valence electrons. The van der Waals surface area contributed by atoms with Crippen molar-refractivity contribution in [3.05, 3.63) is 0 Å². The molecular formula is C11H15F6NO3. The molecule has 0 saturated carbocycles. The molecule has 0 atom stereocenters. The maximum absolute atomic E-state index is 12.5. The maximum atomic E-state index is 12.5. The highest BCUT2D eigenvalue weighted by molar-refractivity contribution is 5.68. The summed E-state index contributed by atoms with van der Waals surface area (Å²) < 4.78 is 80.0. The van der Waals surface area contributed by atoms with Gasteiger partial charge in [-0.05, 0) is 5.92 Å². The van der Waals surface area contributed by atoms with Crippen molar-refractivity contribution < 1.29 is 41.0 Å². The molecule has 0 aromatic heterocycles. The van der Waals surface area contributed by atoms with Crippen molar-refractivity contribution in [2.24, 2.45) is 11.8 Å². The van der Waals surface area contributed by atoms with Crippen molar-refractivity contribution in [3.8, 4) is 0 Å². The molecule has 0 bridgehead atoms. The van der Waals surface area contributed by atoms with Gasteiger partial charge in [0.1, 0.15) is 0 Å². The van der Waals surface area contributed by atoms with Gasteiger partial charge in [-0.1, -0.05) is 13.8 Å². The topological polar surface area (TPSA) is 49.8 Å². The Morgan fingerprint density at radius 3 is 1.95 bits per heavy atom. The fraction of sp³-hybridized carbons (Fsp3) is 0.909. The van der Waals surface area contributed by atoms with Crippen LogP contribution in [0, 0.1) is 11.8 Å². The maximum Gasteiger partial charge on any atom is 0.426 e. The molecule has 1 rings (SSSR count). The van der Waals surface area contributed by atoms with Crippen molar-refractivity contribution >= 4 is 6.09 Å². The van der Waals surface area contributed by atoms with Crippen LogP contribution in [0.2, 0.25) is 0 Å². The summed E-state index contributed by atoms with van der Waals surface area (Å²) in [6.07, 6.45) is -12.7. The molecule has 0 unspecified atom stereocenters. The Morgan fingerprint density at radius 2 is 1.62 bits per heavy atom. The molecule has 0 aromatic carbocycles. The lowest BCUT2D eigenvalue weighted by Crippen LogP contribution is -2.70. The van der Waals surface area contributed by atoms with E-state index in [0.717, 1.165) is 0 Å². The van der Waals surface area contributed by atoms with Crippen LogP contribution >= 0.6 is 0 Å². The minimum atomic E-state index is -5.87. The molecule has 21 heavy (non-hydrogen) atoms. The first-order valence-electron chi connectivity index (χ1n) is 6.08. The monoisotopic (exact) mass is 323 g/mol. The molecule has 0 aliphatic carbocycles. The van der Waals surface area contributed by atoms with Crippen molar-refractivity contribution in [1.29, 1.82) is 0 Å². The zero-order chi connectivity index (χ0) is 16.6. The number of amides is 1. The first-order chi connectivity index (χ1) is 9.30. The number of carbonyl (C=O) groups is 1. The van der Waals surface area contributed by atoms with Gasteiger partial charge in [-0.3, -0.25) is 0 Å². The highest BCUT2D eigenvalue weighted by atomic mass is 19.4. The van der Waals surface area contributed by atoms with Crippen LogP contribution in [0.25, 0.3) is 0 Å². The van der Waals surface area contributed by atoms with Gasteiger partial charge in [0.15, 0.2) is 0 Å². The smallest absolute Gasteiger partial charge is 0.426 e. The Hall–Kier alpha value is -1.19. The molecule has 10 heteroatoms. The highest BCUT2D eigenvalue weighted by Crippen LogP contribution is 2.50. The van der Waals surface area contributed by atoms with E-state index in [2.05, 4.69) is 4.74 Å². The Balaban J connectivity index is 2.71. The quantitative estimate of drug-likeness (QED) is 0.812. The van der Waals surface area contributed by atoms with E-state index in [0.29, 0.717) is 4.90 Å². The van der Waals surface area contributed by atoms with Crippen LogP contribution in [0.5, 0.6) is 0 Å². The fourth-order valence-electron chi connectivity index (χ4n) is 1.84. The Kier molecular flexibility index (Phi) is 4.71. The van der Waals surface area contributed by atoms with Gasteiger partial charge in [-0.2, -0.15) is 26.3 Å². The predicted molar refractivity (Wildman–Crippen MR) is 58.3 cm³/mol. The summed E-state index contributed by atoms with van der Waals surface area (Å²) in [5, 5.41) is 9.09. The number of aliphatic hydroxyl groups is 1. The summed E-state index contributed by atoms with van der Waals surface area (Å²) >= 11 is 0. The fourth-order valence-corrected chi connectivity index (χ4v) is 1.84. The Bertz CT molecular complexity index is 372. The largest absolute Gasteiger partial charge is 0.449 e. The van der Waals surface area contributed by atoms with Gasteiger partial charge in [0.05, 0.1) is 6.61 Å². The number of carbonyl (C=O) groups excluding carboxylic acids is 1. The lowest BCUT2D eigenvalue weighted by atomic mass is 9.80. The molecule has 0 radical (unpaired) electrons. The average Bonchev–Trinajstić information content (AvgIpc) is 2.20. The third-order valence-electron chi connectivity index (χ3n) is 3.14. The van der Waals surface area contributed by atoms with Gasteiger partial charge >= 0.3 is 18.4 Å². The second kappa shape index (κ2) is 5.54. The summed E-state index contributed by atoms with van der Waals surface area (Å²) in [7, 11) is 0. The third-order valence-corrected chi connectivity index (χ3v) is 3.14. The molecule has 1 fully saturated rings. The van der Waals surface area contributed by atoms with Crippen LogP contribution in [-0.4, -0.2) is 53.7 Å². The van der Waals surface area contributed by atoms with Crippen molar-refractivity contribution in [2.45, 2.75) is 31.8 Å². The third kappa shape index (κ3) is 3.35. The van der Waals surface area contributed by atoms with Crippen LogP contribution in [0.15, 0.2) is 0 Å². The average molecular weight is 323 g/mol. The van der Waals surface area contributed by atoms with Crippen molar-refractivity contribution in [3.63, 3.8) is 0 Å². The number of halogens is 6. The van der Waals surface area contributed by atoms with Gasteiger partial charge in [-0.25, -0.2) is 4.79 Å². The van der Waals surface area contributed by atoms with E-state index in [4.69, 9.17) is 5.11 Å². The first kappa shape index (κ1) is 17.9. The number of ether oxygens (including phenoxy) is 1. The van der Waals surface area contributed by atoms with E-state index in [9.17, 15) is 31.1 Å². The number of hydrogen-bond donors (Lipinski definition) is 1. The molecular weight excluding hydrogens is 308 g/mol. The Morgan fingerprint density at radius 1 is 1.19 bits per heavy atom. The summed E-state index contributed by atoms with van der Waals surface area (Å²) in [5.41, 5.74) is -4.82. The van der Waals surface area contributed by atoms with E-state index >= 15 is 0 Å². The SMILES string of the molecule is CC(C)COC(=O)N1CC(C(O)(C(F)(F)F)C(F)(F)F)C1. The minimum absolute atomic E-state index is 0.00279. The van der Waals surface area contributed by atoms with Gasteiger partial charge < -0.3 is 14.7 Å². The van der Waals surface area contributed by atoms with Crippen LogP contribution in [-0.2, 0) is 4.74 Å². The highest BCUT2D eigenvalue weighted by Gasteiger charge is 2.75. The molecule has 1 N–H and O–H groups in total. The number of hydrogen-bond acceptors (Lipinski definition) is 3. The van der Waals surface area contributed by atoms with E-state index < -0.39 is 43.1 Å². The summed E-state index contributed by atoms with van der Waals surface area (Å²) in [5.74, 6) is -2.18. The number of rotatable bonds is 3. The molecule has 1 aliphatic rings. The molecule has 0 aromatic rings. The van der Waals surface area contributed by atoms with Crippen molar-refractivity contribution in [1.82, 2.24) is 4.90 Å². The minimum Gasteiger partial charge on any atom is -0.449 e. The lowest BCUT2D eigenvalue weighted by Gasteiger charge is -2.47. The number of alkyl halides is 6. The van der Waals surface area contributed by atoms with Gasteiger partial charge in [0.2, 0.25) is 0 Å². The number of nitrogens with zero attached hydrogens (tertiary/aromatic N) is 1. The lowest BCUT2D eigenvalue weighted by molar-refractivity contribution is -0.392. The molecule has 1 saturated heterocycles.